The number of rotatable bonds is 6. The second-order valence-electron chi connectivity index (χ2n) is 3.69. The van der Waals surface area contributed by atoms with Crippen molar-refractivity contribution < 1.29 is 14.3 Å². The van der Waals surface area contributed by atoms with Gasteiger partial charge in [0.25, 0.3) is 0 Å². The summed E-state index contributed by atoms with van der Waals surface area (Å²) in [4.78, 5) is 26.7. The lowest BCUT2D eigenvalue weighted by molar-refractivity contribution is -0.140. The highest BCUT2D eigenvalue weighted by molar-refractivity contribution is 8.00. The molecule has 1 N–H and O–H groups in total. The van der Waals surface area contributed by atoms with E-state index in [9.17, 15) is 9.59 Å². The van der Waals surface area contributed by atoms with Gasteiger partial charge in [0, 0.05) is 11.9 Å². The van der Waals surface area contributed by atoms with Gasteiger partial charge in [-0.25, -0.2) is 4.98 Å². The van der Waals surface area contributed by atoms with Crippen LogP contribution in [0.1, 0.15) is 13.3 Å². The van der Waals surface area contributed by atoms with Gasteiger partial charge in [-0.1, -0.05) is 11.6 Å². The van der Waals surface area contributed by atoms with Crippen LogP contribution in [0, 0.1) is 0 Å². The molecule has 7 heteroatoms. The van der Waals surface area contributed by atoms with Gasteiger partial charge in [-0.2, -0.15) is 0 Å². The first-order valence-corrected chi connectivity index (χ1v) is 7.06. The van der Waals surface area contributed by atoms with Crippen LogP contribution in [0.15, 0.2) is 18.3 Å². The first-order valence-electron chi connectivity index (χ1n) is 5.63. The highest BCUT2D eigenvalue weighted by Crippen LogP contribution is 2.15. The number of nitrogens with one attached hydrogen (secondary N) is 1. The topological polar surface area (TPSA) is 68.3 Å². The van der Waals surface area contributed by atoms with E-state index in [1.165, 1.54) is 25.1 Å². The fourth-order valence-corrected chi connectivity index (χ4v) is 2.13. The van der Waals surface area contributed by atoms with Crippen molar-refractivity contribution in [3.05, 3.63) is 23.4 Å². The minimum absolute atomic E-state index is 0.162. The summed E-state index contributed by atoms with van der Waals surface area (Å²) in [6.07, 6.45) is 1.75. The molecule has 104 valence electrons. The molecule has 1 atom stereocenters. The Bertz CT molecular complexity index is 439. The lowest BCUT2D eigenvalue weighted by atomic mass is 10.4. The van der Waals surface area contributed by atoms with Crippen LogP contribution in [0.2, 0.25) is 5.02 Å². The smallest absolute Gasteiger partial charge is 0.306 e. The van der Waals surface area contributed by atoms with E-state index in [4.69, 9.17) is 11.6 Å². The Morgan fingerprint density at radius 2 is 2.26 bits per heavy atom. The maximum absolute atomic E-state index is 11.8. The van der Waals surface area contributed by atoms with E-state index < -0.39 is 0 Å². The third kappa shape index (κ3) is 5.94. The lowest BCUT2D eigenvalue weighted by Gasteiger charge is -2.11. The SMILES string of the molecule is COC(=O)CCS[C@@H](C)C(=O)Nc1ccc(Cl)cn1. The molecule has 0 aliphatic carbocycles. The number of anilines is 1. The van der Waals surface area contributed by atoms with Gasteiger partial charge in [-0.15, -0.1) is 11.8 Å². The fourth-order valence-electron chi connectivity index (χ4n) is 1.17. The van der Waals surface area contributed by atoms with Crippen LogP contribution < -0.4 is 5.32 Å². The molecule has 1 amide bonds. The standard InChI is InChI=1S/C12H15ClN2O3S/c1-8(19-6-5-11(16)18-2)12(17)15-10-4-3-9(13)7-14-10/h3-4,7-8H,5-6H2,1-2H3,(H,14,15,17)/t8-/m0/s1. The summed E-state index contributed by atoms with van der Waals surface area (Å²) >= 11 is 7.08. The third-order valence-corrected chi connectivity index (χ3v) is 3.63. The molecule has 1 heterocycles. The zero-order valence-corrected chi connectivity index (χ0v) is 12.3. The average Bonchev–Trinajstić information content (AvgIpc) is 2.40. The van der Waals surface area contributed by atoms with Crippen molar-refractivity contribution >= 4 is 41.1 Å². The second kappa shape index (κ2) is 8.01. The van der Waals surface area contributed by atoms with Crippen molar-refractivity contribution in [2.24, 2.45) is 0 Å². The quantitative estimate of drug-likeness (QED) is 0.817. The first-order chi connectivity index (χ1) is 9.02. The number of thioether (sulfide) groups is 1. The summed E-state index contributed by atoms with van der Waals surface area (Å²) < 4.78 is 4.52. The van der Waals surface area contributed by atoms with Gasteiger partial charge in [-0.3, -0.25) is 9.59 Å². The van der Waals surface area contributed by atoms with Gasteiger partial charge in [0.05, 0.1) is 23.8 Å². The lowest BCUT2D eigenvalue weighted by Crippen LogP contribution is -2.23. The number of pyridine rings is 1. The van der Waals surface area contributed by atoms with Crippen LogP contribution in [0.4, 0.5) is 5.82 Å². The van der Waals surface area contributed by atoms with Gasteiger partial charge in [0.15, 0.2) is 0 Å². The van der Waals surface area contributed by atoms with Crippen LogP contribution in [-0.2, 0) is 14.3 Å². The molecule has 0 saturated heterocycles. The molecule has 0 saturated carbocycles. The number of methoxy groups -OCH3 is 1. The Morgan fingerprint density at radius 1 is 1.53 bits per heavy atom. The number of halogens is 1. The first kappa shape index (κ1) is 15.8. The van der Waals surface area contributed by atoms with E-state index in [1.807, 2.05) is 0 Å². The van der Waals surface area contributed by atoms with Crippen molar-refractivity contribution in [3.63, 3.8) is 0 Å². The molecule has 0 spiro atoms. The Labute approximate surface area is 121 Å². The van der Waals surface area contributed by atoms with Gasteiger partial charge < -0.3 is 10.1 Å². The number of amides is 1. The minimum atomic E-state index is -0.278. The average molecular weight is 303 g/mol. The number of carbonyl (C=O) groups is 2. The number of aromatic nitrogens is 1. The summed E-state index contributed by atoms with van der Waals surface area (Å²) in [7, 11) is 1.34. The van der Waals surface area contributed by atoms with E-state index in [0.717, 1.165) is 0 Å². The van der Waals surface area contributed by atoms with Gasteiger partial charge >= 0.3 is 5.97 Å². The summed E-state index contributed by atoms with van der Waals surface area (Å²) in [6.45, 7) is 1.77. The van der Waals surface area contributed by atoms with Gasteiger partial charge in [-0.05, 0) is 19.1 Å². The fraction of sp³-hybridized carbons (Fsp3) is 0.417. The number of hydrogen-bond acceptors (Lipinski definition) is 5. The molecular formula is C12H15ClN2O3S. The highest BCUT2D eigenvalue weighted by Gasteiger charge is 2.14. The van der Waals surface area contributed by atoms with E-state index in [2.05, 4.69) is 15.0 Å². The predicted octanol–water partition coefficient (Wildman–Crippen LogP) is 2.36. The van der Waals surface area contributed by atoms with Crippen LogP contribution in [-0.4, -0.2) is 35.0 Å². The van der Waals surface area contributed by atoms with Crippen LogP contribution in [0.5, 0.6) is 0 Å². The molecule has 1 aromatic heterocycles. The number of esters is 1. The largest absolute Gasteiger partial charge is 0.469 e. The molecule has 0 bridgehead atoms. The molecular weight excluding hydrogens is 288 g/mol. The molecule has 5 nitrogen and oxygen atoms in total. The number of nitrogens with zero attached hydrogens (tertiary/aromatic N) is 1. The van der Waals surface area contributed by atoms with Crippen LogP contribution in [0.3, 0.4) is 0 Å². The zero-order chi connectivity index (χ0) is 14.3. The summed E-state index contributed by atoms with van der Waals surface area (Å²) in [5.41, 5.74) is 0. The summed E-state index contributed by atoms with van der Waals surface area (Å²) in [6, 6.07) is 3.28. The van der Waals surface area contributed by atoms with E-state index in [0.29, 0.717) is 16.6 Å². The van der Waals surface area contributed by atoms with Crippen LogP contribution in [0.25, 0.3) is 0 Å². The Balaban J connectivity index is 2.36. The summed E-state index contributed by atoms with van der Waals surface area (Å²) in [5, 5.41) is 2.91. The van der Waals surface area contributed by atoms with E-state index in [-0.39, 0.29) is 23.5 Å². The molecule has 1 aromatic rings. The normalized spacial score (nSPS) is 11.7. The Hall–Kier alpha value is -1.27. The Kier molecular flexibility index (Phi) is 6.66. The van der Waals surface area contributed by atoms with Gasteiger partial charge in [0.2, 0.25) is 5.91 Å². The monoisotopic (exact) mass is 302 g/mol. The van der Waals surface area contributed by atoms with Crippen molar-refractivity contribution in [2.45, 2.75) is 18.6 Å². The molecule has 0 fully saturated rings. The van der Waals surface area contributed by atoms with Crippen molar-refractivity contribution in [1.29, 1.82) is 0 Å². The van der Waals surface area contributed by atoms with Crippen LogP contribution >= 0.6 is 23.4 Å². The molecule has 0 aliphatic heterocycles. The van der Waals surface area contributed by atoms with Crippen molar-refractivity contribution in [1.82, 2.24) is 4.98 Å². The molecule has 0 unspecified atom stereocenters. The maximum atomic E-state index is 11.8. The molecule has 0 aliphatic rings. The number of ether oxygens (including phenoxy) is 1. The summed E-state index contributed by atoms with van der Waals surface area (Å²) in [5.74, 6) is 0.550. The molecule has 0 radical (unpaired) electrons. The molecule has 19 heavy (non-hydrogen) atoms. The third-order valence-electron chi connectivity index (χ3n) is 2.25. The zero-order valence-electron chi connectivity index (χ0n) is 10.7. The highest BCUT2D eigenvalue weighted by atomic mass is 35.5. The predicted molar refractivity (Wildman–Crippen MR) is 76.4 cm³/mol. The number of carbonyl (C=O) groups excluding carboxylic acids is 2. The number of hydrogen-bond donors (Lipinski definition) is 1. The Morgan fingerprint density at radius 3 is 2.84 bits per heavy atom. The van der Waals surface area contributed by atoms with E-state index >= 15 is 0 Å². The minimum Gasteiger partial charge on any atom is -0.469 e. The van der Waals surface area contributed by atoms with Crippen molar-refractivity contribution in [3.8, 4) is 0 Å². The maximum Gasteiger partial charge on any atom is 0.306 e. The second-order valence-corrected chi connectivity index (χ2v) is 5.58. The molecule has 0 aromatic carbocycles. The van der Waals surface area contributed by atoms with E-state index in [1.54, 1.807) is 19.1 Å². The van der Waals surface area contributed by atoms with Gasteiger partial charge in [0.1, 0.15) is 5.82 Å². The van der Waals surface area contributed by atoms with Crippen molar-refractivity contribution in [2.75, 3.05) is 18.2 Å². The molecule has 1 rings (SSSR count).